The van der Waals surface area contributed by atoms with Gasteiger partial charge in [0.15, 0.2) is 0 Å². The number of hydrogen-bond acceptors (Lipinski definition) is 5. The van der Waals surface area contributed by atoms with Crippen molar-refractivity contribution in [1.29, 1.82) is 5.26 Å². The van der Waals surface area contributed by atoms with Gasteiger partial charge in [0.2, 0.25) is 17.7 Å². The number of nitriles is 1. The molecule has 0 radical (unpaired) electrons. The molecule has 13 heteroatoms. The molecule has 3 aliphatic rings. The highest BCUT2D eigenvalue weighted by Gasteiger charge is 2.83. The number of carbonyl (C=O) groups excluding carboxylic acids is 4. The molecule has 200 valence electrons. The Morgan fingerprint density at radius 2 is 1.89 bits per heavy atom. The van der Waals surface area contributed by atoms with E-state index in [1.807, 2.05) is 0 Å². The molecular weight excluding hydrogens is 486 g/mol. The van der Waals surface area contributed by atoms with Crippen LogP contribution in [0.1, 0.15) is 47.0 Å². The number of nitrogens with one attached hydrogen (secondary N) is 2. The molecule has 9 nitrogen and oxygen atoms in total. The summed E-state index contributed by atoms with van der Waals surface area (Å²) in [7, 11) is 0. The summed E-state index contributed by atoms with van der Waals surface area (Å²) in [6, 6.07) is -1.50. The van der Waals surface area contributed by atoms with Gasteiger partial charge in [-0.1, -0.05) is 13.8 Å². The molecule has 36 heavy (non-hydrogen) atoms. The number of nitrogens with zero attached hydrogens (tertiary/aromatic N) is 2. The van der Waals surface area contributed by atoms with Crippen LogP contribution in [0.3, 0.4) is 0 Å². The van der Waals surface area contributed by atoms with Crippen molar-refractivity contribution in [2.75, 3.05) is 13.1 Å². The first-order valence-corrected chi connectivity index (χ1v) is 11.8. The van der Waals surface area contributed by atoms with Crippen molar-refractivity contribution in [2.45, 2.75) is 70.9 Å². The molecule has 0 spiro atoms. The molecule has 6 atom stereocenters. The standard InChI is InChI=1S/C23H31F4N5O4/c1-20(2)13-10-32(18(35)14(21(3,4)24)31-19(36)23(25,26)27)15(16(29)33)22(13,20)12(9-28)8-11-6-5-7-30-17(11)34/h11-15H,5-8,10H2,1-4H3,(H2,29,33)(H,30,34)(H,31,36)/t11-,12+,13?,14+,15?,22?/m0/s1. The Morgan fingerprint density at radius 1 is 1.28 bits per heavy atom. The van der Waals surface area contributed by atoms with Crippen LogP contribution < -0.4 is 16.4 Å². The smallest absolute Gasteiger partial charge is 0.368 e. The van der Waals surface area contributed by atoms with E-state index in [1.54, 1.807) is 13.8 Å². The Morgan fingerprint density at radius 3 is 2.36 bits per heavy atom. The molecule has 0 aromatic carbocycles. The molecule has 2 aliphatic heterocycles. The van der Waals surface area contributed by atoms with E-state index in [9.17, 15) is 42.0 Å². The third-order valence-corrected chi connectivity index (χ3v) is 8.29. The summed E-state index contributed by atoms with van der Waals surface area (Å²) in [4.78, 5) is 51.0. The highest BCUT2D eigenvalue weighted by Crippen LogP contribution is 2.78. The fourth-order valence-corrected chi connectivity index (χ4v) is 6.52. The normalized spacial score (nSPS) is 30.9. The number of alkyl halides is 4. The predicted molar refractivity (Wildman–Crippen MR) is 117 cm³/mol. The lowest BCUT2D eigenvalue weighted by Gasteiger charge is -2.40. The van der Waals surface area contributed by atoms with Crippen molar-refractivity contribution in [3.05, 3.63) is 0 Å². The number of hydrogen-bond donors (Lipinski definition) is 3. The third kappa shape index (κ3) is 4.28. The molecule has 3 rings (SSSR count). The van der Waals surface area contributed by atoms with Crippen LogP contribution in [0, 0.1) is 39.9 Å². The minimum absolute atomic E-state index is 0.108. The lowest BCUT2D eigenvalue weighted by atomic mass is 9.72. The number of halogens is 4. The first kappa shape index (κ1) is 27.7. The molecule has 3 unspecified atom stereocenters. The van der Waals surface area contributed by atoms with Crippen LogP contribution in [0.5, 0.6) is 0 Å². The highest BCUT2D eigenvalue weighted by atomic mass is 19.4. The van der Waals surface area contributed by atoms with Gasteiger partial charge in [-0.3, -0.25) is 19.2 Å². The second kappa shape index (κ2) is 8.88. The summed E-state index contributed by atoms with van der Waals surface area (Å²) in [5.74, 6) is -6.78. The number of likely N-dealkylation sites (tertiary alicyclic amines) is 1. The number of carbonyl (C=O) groups is 4. The maximum atomic E-state index is 14.9. The summed E-state index contributed by atoms with van der Waals surface area (Å²) >= 11 is 0. The molecule has 2 heterocycles. The van der Waals surface area contributed by atoms with Gasteiger partial charge in [-0.25, -0.2) is 4.39 Å². The maximum Gasteiger partial charge on any atom is 0.471 e. The van der Waals surface area contributed by atoms with E-state index in [0.717, 1.165) is 18.7 Å². The molecule has 0 bridgehead atoms. The fourth-order valence-electron chi connectivity index (χ4n) is 6.52. The lowest BCUT2D eigenvalue weighted by molar-refractivity contribution is -0.176. The van der Waals surface area contributed by atoms with E-state index in [0.29, 0.717) is 19.4 Å². The number of primary amides is 1. The molecule has 0 aromatic rings. The fraction of sp³-hybridized carbons (Fsp3) is 0.783. The van der Waals surface area contributed by atoms with Crippen molar-refractivity contribution >= 4 is 23.6 Å². The zero-order chi connectivity index (χ0) is 27.4. The minimum atomic E-state index is -5.37. The molecule has 3 fully saturated rings. The second-order valence-electron chi connectivity index (χ2n) is 11.0. The van der Waals surface area contributed by atoms with Crippen LogP contribution in [-0.2, 0) is 19.2 Å². The lowest BCUT2D eigenvalue weighted by Crippen LogP contribution is -2.63. The molecule has 1 aliphatic carbocycles. The zero-order valence-corrected chi connectivity index (χ0v) is 20.5. The first-order valence-electron chi connectivity index (χ1n) is 11.8. The first-order chi connectivity index (χ1) is 16.4. The maximum absolute atomic E-state index is 14.9. The average Bonchev–Trinajstić information content (AvgIpc) is 3.05. The number of amides is 4. The zero-order valence-electron chi connectivity index (χ0n) is 20.5. The van der Waals surface area contributed by atoms with Crippen molar-refractivity contribution in [2.24, 2.45) is 34.3 Å². The van der Waals surface area contributed by atoms with Crippen LogP contribution >= 0.6 is 0 Å². The quantitative estimate of drug-likeness (QED) is 0.434. The van der Waals surface area contributed by atoms with Crippen molar-refractivity contribution in [3.8, 4) is 6.07 Å². The molecule has 4 amide bonds. The van der Waals surface area contributed by atoms with Gasteiger partial charge in [0.05, 0.1) is 12.0 Å². The summed E-state index contributed by atoms with van der Waals surface area (Å²) < 4.78 is 53.6. The van der Waals surface area contributed by atoms with Crippen molar-refractivity contribution in [1.82, 2.24) is 15.5 Å². The topological polar surface area (TPSA) is 145 Å². The third-order valence-electron chi connectivity index (χ3n) is 8.29. The molecule has 2 saturated heterocycles. The van der Waals surface area contributed by atoms with Gasteiger partial charge in [0.1, 0.15) is 17.8 Å². The number of piperidine rings is 2. The van der Waals surface area contributed by atoms with Gasteiger partial charge < -0.3 is 21.3 Å². The second-order valence-corrected chi connectivity index (χ2v) is 11.0. The highest BCUT2D eigenvalue weighted by molar-refractivity contribution is 5.95. The van der Waals surface area contributed by atoms with E-state index >= 15 is 0 Å². The summed E-state index contributed by atoms with van der Waals surface area (Å²) in [6.07, 6.45) is -4.01. The Labute approximate surface area is 206 Å². The van der Waals surface area contributed by atoms with Gasteiger partial charge in [0.25, 0.3) is 0 Å². The van der Waals surface area contributed by atoms with Gasteiger partial charge >= 0.3 is 12.1 Å². The Balaban J connectivity index is 1.98. The Kier molecular flexibility index (Phi) is 6.83. The number of nitrogens with two attached hydrogens (primary N) is 1. The van der Waals surface area contributed by atoms with E-state index in [4.69, 9.17) is 5.73 Å². The average molecular weight is 518 g/mol. The number of fused-ring (bicyclic) bond motifs is 1. The number of rotatable bonds is 7. The van der Waals surface area contributed by atoms with E-state index in [1.165, 1.54) is 5.32 Å². The van der Waals surface area contributed by atoms with E-state index in [-0.39, 0.29) is 18.9 Å². The SMILES string of the molecule is CC(C)(F)[C@H](NC(=O)C(F)(F)F)C(=O)N1CC2C(C)(C)C2([C@@H](C#N)C[C@@H]2CCCNC2=O)C1C(N)=O. The predicted octanol–water partition coefficient (Wildman–Crippen LogP) is 1.18. The molecular formula is C23H31F4N5O4. The van der Waals surface area contributed by atoms with Crippen molar-refractivity contribution in [3.63, 3.8) is 0 Å². The van der Waals surface area contributed by atoms with Gasteiger partial charge in [-0.15, -0.1) is 0 Å². The van der Waals surface area contributed by atoms with Gasteiger partial charge in [-0.2, -0.15) is 18.4 Å². The van der Waals surface area contributed by atoms with Crippen LogP contribution in [0.2, 0.25) is 0 Å². The van der Waals surface area contributed by atoms with Gasteiger partial charge in [-0.05, 0) is 44.4 Å². The van der Waals surface area contributed by atoms with Crippen molar-refractivity contribution < 1.29 is 36.7 Å². The molecule has 4 N–H and O–H groups in total. The Bertz CT molecular complexity index is 1000. The monoisotopic (exact) mass is 517 g/mol. The Hall–Kier alpha value is -2.91. The van der Waals surface area contributed by atoms with Crippen LogP contribution in [0.15, 0.2) is 0 Å². The molecule has 0 aromatic heterocycles. The van der Waals surface area contributed by atoms with Crippen LogP contribution in [0.25, 0.3) is 0 Å². The largest absolute Gasteiger partial charge is 0.471 e. The molecule has 1 saturated carbocycles. The van der Waals surface area contributed by atoms with Gasteiger partial charge in [0, 0.05) is 24.4 Å². The minimum Gasteiger partial charge on any atom is -0.368 e. The van der Waals surface area contributed by atoms with E-state index in [2.05, 4.69) is 11.4 Å². The van der Waals surface area contributed by atoms with Crippen LogP contribution in [0.4, 0.5) is 17.6 Å². The summed E-state index contributed by atoms with van der Waals surface area (Å²) in [5, 5.41) is 14.3. The summed E-state index contributed by atoms with van der Waals surface area (Å²) in [5.41, 5.74) is 1.22. The van der Waals surface area contributed by atoms with E-state index < -0.39 is 70.2 Å². The summed E-state index contributed by atoms with van der Waals surface area (Å²) in [6.45, 7) is 5.61. The van der Waals surface area contributed by atoms with Crippen LogP contribution in [-0.4, -0.2) is 65.5 Å².